The van der Waals surface area contributed by atoms with Crippen LogP contribution in [0.4, 0.5) is 0 Å². The Hall–Kier alpha value is -0.790. The van der Waals surface area contributed by atoms with Gasteiger partial charge < -0.3 is 4.74 Å². The molecule has 1 rings (SSSR count). The van der Waals surface area contributed by atoms with Crippen LogP contribution in [0.2, 0.25) is 0 Å². The zero-order valence-corrected chi connectivity index (χ0v) is 9.87. The SMILES string of the molecule is CCCC/C=C/C(C)OC(=O)C1CCC1. The summed E-state index contributed by atoms with van der Waals surface area (Å²) >= 11 is 0. The molecule has 1 unspecified atom stereocenters. The first-order valence-corrected chi connectivity index (χ1v) is 6.11. The summed E-state index contributed by atoms with van der Waals surface area (Å²) in [6.07, 6.45) is 10.8. The van der Waals surface area contributed by atoms with Gasteiger partial charge in [-0.05, 0) is 32.3 Å². The number of allylic oxidation sites excluding steroid dienone is 1. The van der Waals surface area contributed by atoms with E-state index in [1.165, 1.54) is 19.3 Å². The molecule has 1 aliphatic rings. The molecular formula is C13H22O2. The third-order valence-corrected chi connectivity index (χ3v) is 2.87. The van der Waals surface area contributed by atoms with Crippen LogP contribution >= 0.6 is 0 Å². The van der Waals surface area contributed by atoms with Crippen molar-refractivity contribution >= 4 is 5.97 Å². The van der Waals surface area contributed by atoms with E-state index < -0.39 is 0 Å². The fourth-order valence-electron chi connectivity index (χ4n) is 1.57. The summed E-state index contributed by atoms with van der Waals surface area (Å²) in [6.45, 7) is 4.10. The lowest BCUT2D eigenvalue weighted by atomic mass is 9.86. The Balaban J connectivity index is 2.13. The van der Waals surface area contributed by atoms with Crippen molar-refractivity contribution in [3.8, 4) is 0 Å². The van der Waals surface area contributed by atoms with Crippen LogP contribution in [0.3, 0.4) is 0 Å². The number of carbonyl (C=O) groups is 1. The third kappa shape index (κ3) is 4.50. The van der Waals surface area contributed by atoms with Crippen molar-refractivity contribution in [2.45, 2.75) is 58.5 Å². The first kappa shape index (κ1) is 12.3. The fourth-order valence-corrected chi connectivity index (χ4v) is 1.57. The highest BCUT2D eigenvalue weighted by molar-refractivity contribution is 5.73. The number of rotatable bonds is 6. The molecule has 0 aromatic rings. The molecule has 0 amide bonds. The highest BCUT2D eigenvalue weighted by Crippen LogP contribution is 2.27. The van der Waals surface area contributed by atoms with Gasteiger partial charge in [0.05, 0.1) is 5.92 Å². The molecule has 0 radical (unpaired) electrons. The molecule has 1 aliphatic carbocycles. The molecule has 0 saturated heterocycles. The van der Waals surface area contributed by atoms with Crippen LogP contribution in [0, 0.1) is 5.92 Å². The molecule has 2 heteroatoms. The Morgan fingerprint density at radius 1 is 1.53 bits per heavy atom. The second-order valence-electron chi connectivity index (χ2n) is 4.34. The summed E-state index contributed by atoms with van der Waals surface area (Å²) < 4.78 is 5.31. The van der Waals surface area contributed by atoms with Gasteiger partial charge in [0.2, 0.25) is 0 Å². The van der Waals surface area contributed by atoms with Gasteiger partial charge in [-0.1, -0.05) is 32.3 Å². The normalized spacial score (nSPS) is 18.8. The van der Waals surface area contributed by atoms with E-state index in [1.807, 2.05) is 13.0 Å². The first-order chi connectivity index (χ1) is 7.24. The molecule has 0 spiro atoms. The summed E-state index contributed by atoms with van der Waals surface area (Å²) in [6, 6.07) is 0. The summed E-state index contributed by atoms with van der Waals surface area (Å²) in [4.78, 5) is 11.5. The minimum Gasteiger partial charge on any atom is -0.458 e. The Bertz CT molecular complexity index is 217. The number of hydrogen-bond acceptors (Lipinski definition) is 2. The van der Waals surface area contributed by atoms with E-state index in [2.05, 4.69) is 13.0 Å². The van der Waals surface area contributed by atoms with Crippen LogP contribution in [0.5, 0.6) is 0 Å². The topological polar surface area (TPSA) is 26.3 Å². The molecule has 15 heavy (non-hydrogen) atoms. The highest BCUT2D eigenvalue weighted by atomic mass is 16.5. The maximum absolute atomic E-state index is 11.5. The zero-order chi connectivity index (χ0) is 11.1. The van der Waals surface area contributed by atoms with Crippen LogP contribution < -0.4 is 0 Å². The predicted octanol–water partition coefficient (Wildman–Crippen LogP) is 3.46. The lowest BCUT2D eigenvalue weighted by Crippen LogP contribution is -2.26. The van der Waals surface area contributed by atoms with Gasteiger partial charge in [-0.3, -0.25) is 4.79 Å². The number of hydrogen-bond donors (Lipinski definition) is 0. The molecule has 1 atom stereocenters. The largest absolute Gasteiger partial charge is 0.458 e. The van der Waals surface area contributed by atoms with E-state index in [0.717, 1.165) is 19.3 Å². The van der Waals surface area contributed by atoms with Crippen molar-refractivity contribution in [1.82, 2.24) is 0 Å². The third-order valence-electron chi connectivity index (χ3n) is 2.87. The maximum Gasteiger partial charge on any atom is 0.309 e. The van der Waals surface area contributed by atoms with Crippen LogP contribution in [0.15, 0.2) is 12.2 Å². The predicted molar refractivity (Wildman–Crippen MR) is 61.6 cm³/mol. The van der Waals surface area contributed by atoms with Crippen LogP contribution in [0.1, 0.15) is 52.4 Å². The summed E-state index contributed by atoms with van der Waals surface area (Å²) in [5.41, 5.74) is 0. The summed E-state index contributed by atoms with van der Waals surface area (Å²) in [5.74, 6) is 0.186. The Morgan fingerprint density at radius 3 is 2.80 bits per heavy atom. The van der Waals surface area contributed by atoms with Crippen molar-refractivity contribution in [2.75, 3.05) is 0 Å². The van der Waals surface area contributed by atoms with Crippen molar-refractivity contribution in [3.63, 3.8) is 0 Å². The molecule has 0 aromatic heterocycles. The minimum atomic E-state index is -0.0602. The Morgan fingerprint density at radius 2 is 2.27 bits per heavy atom. The number of unbranched alkanes of at least 4 members (excludes halogenated alkanes) is 2. The molecule has 1 saturated carbocycles. The second kappa shape index (κ2) is 6.65. The van der Waals surface area contributed by atoms with E-state index in [1.54, 1.807) is 0 Å². The molecule has 0 aromatic carbocycles. The van der Waals surface area contributed by atoms with Crippen molar-refractivity contribution in [1.29, 1.82) is 0 Å². The summed E-state index contributed by atoms with van der Waals surface area (Å²) in [7, 11) is 0. The standard InChI is InChI=1S/C13H22O2/c1-3-4-5-6-8-11(2)15-13(14)12-9-7-10-12/h6,8,11-12H,3-5,7,9-10H2,1-2H3/b8-6+. The molecular weight excluding hydrogens is 188 g/mol. The van der Waals surface area contributed by atoms with Gasteiger partial charge in [0, 0.05) is 0 Å². The Labute approximate surface area is 92.7 Å². The van der Waals surface area contributed by atoms with E-state index in [4.69, 9.17) is 4.74 Å². The van der Waals surface area contributed by atoms with Crippen LogP contribution in [-0.2, 0) is 9.53 Å². The van der Waals surface area contributed by atoms with E-state index in [-0.39, 0.29) is 18.0 Å². The second-order valence-corrected chi connectivity index (χ2v) is 4.34. The Kier molecular flexibility index (Phi) is 5.44. The lowest BCUT2D eigenvalue weighted by Gasteiger charge is -2.24. The van der Waals surface area contributed by atoms with Crippen LogP contribution in [-0.4, -0.2) is 12.1 Å². The molecule has 1 fully saturated rings. The van der Waals surface area contributed by atoms with E-state index in [0.29, 0.717) is 0 Å². The van der Waals surface area contributed by atoms with Crippen molar-refractivity contribution in [2.24, 2.45) is 5.92 Å². The molecule has 2 nitrogen and oxygen atoms in total. The minimum absolute atomic E-state index is 0.00566. The lowest BCUT2D eigenvalue weighted by molar-refractivity contribution is -0.154. The maximum atomic E-state index is 11.5. The molecule has 0 aliphatic heterocycles. The van der Waals surface area contributed by atoms with E-state index >= 15 is 0 Å². The number of ether oxygens (including phenoxy) is 1. The molecule has 0 heterocycles. The molecule has 0 bridgehead atoms. The van der Waals surface area contributed by atoms with Gasteiger partial charge in [-0.25, -0.2) is 0 Å². The van der Waals surface area contributed by atoms with Gasteiger partial charge in [-0.2, -0.15) is 0 Å². The monoisotopic (exact) mass is 210 g/mol. The average Bonchev–Trinajstić information content (AvgIpc) is 2.09. The number of esters is 1. The van der Waals surface area contributed by atoms with Gasteiger partial charge in [0.1, 0.15) is 6.10 Å². The smallest absolute Gasteiger partial charge is 0.309 e. The van der Waals surface area contributed by atoms with Gasteiger partial charge in [0.25, 0.3) is 0 Å². The van der Waals surface area contributed by atoms with Gasteiger partial charge >= 0.3 is 5.97 Å². The van der Waals surface area contributed by atoms with Gasteiger partial charge in [0.15, 0.2) is 0 Å². The average molecular weight is 210 g/mol. The molecule has 86 valence electrons. The quantitative estimate of drug-likeness (QED) is 0.381. The zero-order valence-electron chi connectivity index (χ0n) is 9.87. The number of carbonyl (C=O) groups excluding carboxylic acids is 1. The van der Waals surface area contributed by atoms with Crippen molar-refractivity contribution < 1.29 is 9.53 Å². The van der Waals surface area contributed by atoms with Gasteiger partial charge in [-0.15, -0.1) is 0 Å². The highest BCUT2D eigenvalue weighted by Gasteiger charge is 2.27. The van der Waals surface area contributed by atoms with Crippen molar-refractivity contribution in [3.05, 3.63) is 12.2 Å². The fraction of sp³-hybridized carbons (Fsp3) is 0.769. The molecule has 0 N–H and O–H groups in total. The first-order valence-electron chi connectivity index (χ1n) is 6.11. The van der Waals surface area contributed by atoms with E-state index in [9.17, 15) is 4.79 Å². The summed E-state index contributed by atoms with van der Waals surface area (Å²) in [5, 5.41) is 0. The van der Waals surface area contributed by atoms with Crippen LogP contribution in [0.25, 0.3) is 0 Å².